The first-order valence-electron chi connectivity index (χ1n) is 10.8. The van der Waals surface area contributed by atoms with Crippen molar-refractivity contribution in [3.8, 4) is 17.2 Å². The summed E-state index contributed by atoms with van der Waals surface area (Å²) in [5.41, 5.74) is 0.931. The zero-order chi connectivity index (χ0) is 23.4. The van der Waals surface area contributed by atoms with E-state index in [1.807, 2.05) is 6.92 Å². The van der Waals surface area contributed by atoms with E-state index in [9.17, 15) is 13.2 Å². The van der Waals surface area contributed by atoms with E-state index in [0.29, 0.717) is 17.9 Å². The number of benzene rings is 2. The molecule has 0 bridgehead atoms. The van der Waals surface area contributed by atoms with Crippen LogP contribution in [0.15, 0.2) is 57.8 Å². The van der Waals surface area contributed by atoms with E-state index in [4.69, 9.17) is 9.15 Å². The second kappa shape index (κ2) is 9.72. The van der Waals surface area contributed by atoms with Gasteiger partial charge in [0.05, 0.1) is 12.0 Å². The lowest BCUT2D eigenvalue weighted by atomic mass is 10.0. The average Bonchev–Trinajstić information content (AvgIpc) is 3.32. The summed E-state index contributed by atoms with van der Waals surface area (Å²) in [4.78, 5) is 12.8. The van der Waals surface area contributed by atoms with Crippen LogP contribution in [0.25, 0.3) is 11.5 Å². The molecule has 33 heavy (non-hydrogen) atoms. The first-order valence-corrected chi connectivity index (χ1v) is 12.3. The molecule has 1 aliphatic heterocycles. The molecule has 3 aromatic rings. The molecule has 1 amide bonds. The number of ether oxygens (including phenoxy) is 1. The van der Waals surface area contributed by atoms with Crippen molar-refractivity contribution >= 4 is 21.9 Å². The molecule has 0 aliphatic carbocycles. The van der Waals surface area contributed by atoms with Gasteiger partial charge in [-0.3, -0.25) is 10.1 Å². The molecule has 0 unspecified atom stereocenters. The van der Waals surface area contributed by atoms with Crippen molar-refractivity contribution in [2.24, 2.45) is 0 Å². The number of carbonyl (C=O) groups excluding carboxylic acids is 1. The third-order valence-electron chi connectivity index (χ3n) is 5.73. The van der Waals surface area contributed by atoms with Crippen LogP contribution < -0.4 is 10.1 Å². The number of nitrogens with zero attached hydrogens (tertiary/aromatic N) is 3. The lowest BCUT2D eigenvalue weighted by Gasteiger charge is -2.34. The SMILES string of the molecule is CC[C@@H]1CCCCN1S(=O)(=O)c1ccc(C(=O)Nc2nnc(-c3cccc(OC)c3)o2)cc1. The fourth-order valence-corrected chi connectivity index (χ4v) is 5.70. The normalized spacial score (nSPS) is 17.0. The number of carbonyl (C=O) groups is 1. The zero-order valence-electron chi connectivity index (χ0n) is 18.5. The van der Waals surface area contributed by atoms with Gasteiger partial charge in [0, 0.05) is 23.7 Å². The van der Waals surface area contributed by atoms with Gasteiger partial charge < -0.3 is 9.15 Å². The van der Waals surface area contributed by atoms with Crippen LogP contribution in [0.4, 0.5) is 6.01 Å². The molecule has 0 radical (unpaired) electrons. The number of hydrogen-bond acceptors (Lipinski definition) is 7. The van der Waals surface area contributed by atoms with Crippen molar-refractivity contribution in [3.05, 3.63) is 54.1 Å². The smallest absolute Gasteiger partial charge is 0.322 e. The Balaban J connectivity index is 1.46. The van der Waals surface area contributed by atoms with Gasteiger partial charge in [0.1, 0.15) is 5.75 Å². The maximum atomic E-state index is 13.1. The predicted octanol–water partition coefficient (Wildman–Crippen LogP) is 3.95. The minimum absolute atomic E-state index is 0.0167. The molecule has 1 N–H and O–H groups in total. The highest BCUT2D eigenvalue weighted by atomic mass is 32.2. The van der Waals surface area contributed by atoms with Crippen molar-refractivity contribution in [2.75, 3.05) is 19.0 Å². The number of nitrogens with one attached hydrogen (secondary N) is 1. The largest absolute Gasteiger partial charge is 0.497 e. The van der Waals surface area contributed by atoms with Gasteiger partial charge in [0.25, 0.3) is 5.91 Å². The Kier molecular flexibility index (Phi) is 6.75. The molecule has 0 saturated carbocycles. The summed E-state index contributed by atoms with van der Waals surface area (Å²) in [6.45, 7) is 2.53. The first kappa shape index (κ1) is 22.9. The van der Waals surface area contributed by atoms with Gasteiger partial charge in [0.15, 0.2) is 0 Å². The summed E-state index contributed by atoms with van der Waals surface area (Å²) in [7, 11) is -2.05. The van der Waals surface area contributed by atoms with Crippen molar-refractivity contribution in [2.45, 2.75) is 43.5 Å². The summed E-state index contributed by atoms with van der Waals surface area (Å²) in [6.07, 6.45) is 3.55. The summed E-state index contributed by atoms with van der Waals surface area (Å²) < 4.78 is 38.5. The minimum atomic E-state index is -3.61. The third-order valence-corrected chi connectivity index (χ3v) is 7.70. The van der Waals surface area contributed by atoms with Crippen LogP contribution in [-0.4, -0.2) is 48.5 Å². The Morgan fingerprint density at radius 2 is 1.97 bits per heavy atom. The summed E-state index contributed by atoms with van der Waals surface area (Å²) in [6, 6.07) is 12.9. The molecule has 174 valence electrons. The summed E-state index contributed by atoms with van der Waals surface area (Å²) >= 11 is 0. The predicted molar refractivity (Wildman–Crippen MR) is 123 cm³/mol. The van der Waals surface area contributed by atoms with Crippen molar-refractivity contribution < 1.29 is 22.4 Å². The van der Waals surface area contributed by atoms with E-state index in [1.54, 1.807) is 35.7 Å². The number of amides is 1. The monoisotopic (exact) mass is 470 g/mol. The molecule has 10 heteroatoms. The molecule has 0 spiro atoms. The number of anilines is 1. The van der Waals surface area contributed by atoms with Gasteiger partial charge >= 0.3 is 6.01 Å². The zero-order valence-corrected chi connectivity index (χ0v) is 19.3. The molecular weight excluding hydrogens is 444 g/mol. The van der Waals surface area contributed by atoms with Crippen LogP contribution in [0.5, 0.6) is 5.75 Å². The first-order chi connectivity index (χ1) is 15.9. The maximum absolute atomic E-state index is 13.1. The molecule has 1 fully saturated rings. The van der Waals surface area contributed by atoms with Crippen LogP contribution in [0, 0.1) is 0 Å². The van der Waals surface area contributed by atoms with Crippen LogP contribution in [-0.2, 0) is 10.0 Å². The lowest BCUT2D eigenvalue weighted by molar-refractivity contribution is 0.102. The van der Waals surface area contributed by atoms with E-state index < -0.39 is 15.9 Å². The van der Waals surface area contributed by atoms with E-state index in [0.717, 1.165) is 25.7 Å². The molecule has 2 aromatic carbocycles. The summed E-state index contributed by atoms with van der Waals surface area (Å²) in [5.74, 6) is 0.392. The van der Waals surface area contributed by atoms with E-state index in [-0.39, 0.29) is 28.4 Å². The summed E-state index contributed by atoms with van der Waals surface area (Å²) in [5, 5.41) is 10.4. The average molecular weight is 471 g/mol. The topological polar surface area (TPSA) is 115 Å². The second-order valence-corrected chi connectivity index (χ2v) is 9.69. The van der Waals surface area contributed by atoms with Crippen LogP contribution in [0.1, 0.15) is 43.0 Å². The van der Waals surface area contributed by atoms with E-state index in [1.165, 1.54) is 24.3 Å². The van der Waals surface area contributed by atoms with Gasteiger partial charge in [0.2, 0.25) is 15.9 Å². The Morgan fingerprint density at radius 3 is 2.70 bits per heavy atom. The molecule has 1 atom stereocenters. The molecule has 1 aliphatic rings. The maximum Gasteiger partial charge on any atom is 0.322 e. The van der Waals surface area contributed by atoms with Gasteiger partial charge in [-0.1, -0.05) is 24.5 Å². The number of piperidine rings is 1. The van der Waals surface area contributed by atoms with E-state index in [2.05, 4.69) is 15.5 Å². The Hall–Kier alpha value is -3.24. The molecular formula is C23H26N4O5S. The fraction of sp³-hybridized carbons (Fsp3) is 0.348. The highest BCUT2D eigenvalue weighted by Crippen LogP contribution is 2.27. The van der Waals surface area contributed by atoms with Gasteiger partial charge in [-0.05, 0) is 61.7 Å². The number of hydrogen-bond donors (Lipinski definition) is 1. The van der Waals surface area contributed by atoms with Crippen LogP contribution in [0.2, 0.25) is 0 Å². The standard InChI is InChI=1S/C23H26N4O5S/c1-3-18-8-4-5-14-27(18)33(29,30)20-12-10-16(11-13-20)21(28)24-23-26-25-22(32-23)17-7-6-9-19(15-17)31-2/h6-7,9-13,15,18H,3-5,8,14H2,1-2H3,(H,24,26,28)/t18-/m1/s1. The van der Waals surface area contributed by atoms with Crippen molar-refractivity contribution in [3.63, 3.8) is 0 Å². The lowest BCUT2D eigenvalue weighted by Crippen LogP contribution is -2.43. The van der Waals surface area contributed by atoms with Gasteiger partial charge in [-0.2, -0.15) is 4.31 Å². The Labute approximate surface area is 192 Å². The third kappa shape index (κ3) is 4.91. The van der Waals surface area contributed by atoms with Crippen molar-refractivity contribution in [1.82, 2.24) is 14.5 Å². The number of sulfonamides is 1. The van der Waals surface area contributed by atoms with Crippen LogP contribution >= 0.6 is 0 Å². The molecule has 1 aromatic heterocycles. The molecule has 1 saturated heterocycles. The number of aromatic nitrogens is 2. The highest BCUT2D eigenvalue weighted by molar-refractivity contribution is 7.89. The minimum Gasteiger partial charge on any atom is -0.497 e. The van der Waals surface area contributed by atoms with Gasteiger partial charge in [-0.15, -0.1) is 5.10 Å². The number of rotatable bonds is 7. The molecule has 2 heterocycles. The van der Waals surface area contributed by atoms with E-state index >= 15 is 0 Å². The molecule has 9 nitrogen and oxygen atoms in total. The Bertz CT molecular complexity index is 1220. The van der Waals surface area contributed by atoms with Crippen LogP contribution in [0.3, 0.4) is 0 Å². The Morgan fingerprint density at radius 1 is 1.18 bits per heavy atom. The van der Waals surface area contributed by atoms with Crippen molar-refractivity contribution in [1.29, 1.82) is 0 Å². The highest BCUT2D eigenvalue weighted by Gasteiger charge is 2.32. The quantitative estimate of drug-likeness (QED) is 0.556. The molecule has 4 rings (SSSR count). The second-order valence-electron chi connectivity index (χ2n) is 7.80. The number of methoxy groups -OCH3 is 1. The van der Waals surface area contributed by atoms with Gasteiger partial charge in [-0.25, -0.2) is 8.42 Å². The fourth-order valence-electron chi connectivity index (χ4n) is 3.93.